The van der Waals surface area contributed by atoms with Crippen molar-refractivity contribution in [3.63, 3.8) is 0 Å². The number of pyridine rings is 1. The molecule has 84 valence electrons. The van der Waals surface area contributed by atoms with Crippen LogP contribution in [-0.4, -0.2) is 13.9 Å². The van der Waals surface area contributed by atoms with Gasteiger partial charge in [0.2, 0.25) is 0 Å². The monoisotopic (exact) mass is 245 g/mol. The summed E-state index contributed by atoms with van der Waals surface area (Å²) in [6, 6.07) is 11.2. The van der Waals surface area contributed by atoms with E-state index >= 15 is 0 Å². The molecule has 5 heteroatoms. The molecular formula is C12H8ClN3O. The number of hydrogen-bond acceptors (Lipinski definition) is 2. The van der Waals surface area contributed by atoms with Crippen LogP contribution in [0.5, 0.6) is 0 Å². The van der Waals surface area contributed by atoms with Gasteiger partial charge in [0.15, 0.2) is 0 Å². The van der Waals surface area contributed by atoms with Gasteiger partial charge in [-0.2, -0.15) is 0 Å². The fourth-order valence-electron chi connectivity index (χ4n) is 1.83. The van der Waals surface area contributed by atoms with E-state index in [1.165, 1.54) is 6.20 Å². The number of para-hydroxylation sites is 1. The Hall–Kier alpha value is -2.07. The lowest BCUT2D eigenvalue weighted by atomic mass is 10.3. The Morgan fingerprint density at radius 1 is 1.12 bits per heavy atom. The van der Waals surface area contributed by atoms with E-state index in [9.17, 15) is 4.79 Å². The maximum Gasteiger partial charge on any atom is 0.291 e. The highest BCUT2D eigenvalue weighted by Gasteiger charge is 2.12. The smallest absolute Gasteiger partial charge is 0.266 e. The van der Waals surface area contributed by atoms with Crippen molar-refractivity contribution in [3.8, 4) is 5.69 Å². The van der Waals surface area contributed by atoms with Crippen molar-refractivity contribution < 1.29 is 0 Å². The molecule has 0 bridgehead atoms. The largest absolute Gasteiger partial charge is 0.291 e. The first-order valence-electron chi connectivity index (χ1n) is 5.08. The van der Waals surface area contributed by atoms with E-state index in [0.717, 1.165) is 15.4 Å². The van der Waals surface area contributed by atoms with Gasteiger partial charge in [-0.3, -0.25) is 9.78 Å². The van der Waals surface area contributed by atoms with Crippen LogP contribution in [0.2, 0.25) is 0 Å². The Morgan fingerprint density at radius 2 is 1.88 bits per heavy atom. The Bertz CT molecular complexity index is 730. The molecule has 0 saturated heterocycles. The van der Waals surface area contributed by atoms with Crippen LogP contribution >= 0.6 is 11.8 Å². The Morgan fingerprint density at radius 3 is 2.65 bits per heavy atom. The third-order valence-corrected chi connectivity index (χ3v) is 2.91. The van der Waals surface area contributed by atoms with Crippen molar-refractivity contribution in [2.75, 3.05) is 0 Å². The van der Waals surface area contributed by atoms with Crippen LogP contribution in [0.3, 0.4) is 0 Å². The van der Waals surface area contributed by atoms with Gasteiger partial charge in [0, 0.05) is 24.2 Å². The summed E-state index contributed by atoms with van der Waals surface area (Å²) < 4.78 is 2.72. The molecule has 0 saturated carbocycles. The number of hydrogen-bond donors (Lipinski definition) is 0. The summed E-state index contributed by atoms with van der Waals surface area (Å²) in [5.74, 6) is 0. The number of benzene rings is 1. The lowest BCUT2D eigenvalue weighted by Gasteiger charge is -2.06. The maximum atomic E-state index is 11.9. The molecule has 0 spiro atoms. The zero-order chi connectivity index (χ0) is 11.8. The molecular weight excluding hydrogens is 238 g/mol. The molecule has 0 aliphatic carbocycles. The minimum Gasteiger partial charge on any atom is -0.266 e. The highest BCUT2D eigenvalue weighted by Crippen LogP contribution is 2.16. The molecule has 0 amide bonds. The summed E-state index contributed by atoms with van der Waals surface area (Å²) in [7, 11) is 0. The van der Waals surface area contributed by atoms with Crippen LogP contribution in [0.1, 0.15) is 0 Å². The van der Waals surface area contributed by atoms with Crippen molar-refractivity contribution in [2.45, 2.75) is 0 Å². The SMILES string of the molecule is O=c1c2cnccc2n(-c2ccccc2)n1Cl. The standard InChI is InChI=1S/C12H8ClN3O/c13-16-12(17)10-8-14-7-6-11(10)15(16)9-4-2-1-3-5-9/h1-8H. The molecule has 0 N–H and O–H groups in total. The lowest BCUT2D eigenvalue weighted by Crippen LogP contribution is -2.13. The van der Waals surface area contributed by atoms with Gasteiger partial charge in [0.1, 0.15) is 0 Å². The Balaban J connectivity index is 2.45. The van der Waals surface area contributed by atoms with Gasteiger partial charge in [0.25, 0.3) is 5.56 Å². The van der Waals surface area contributed by atoms with Crippen LogP contribution in [0.15, 0.2) is 53.6 Å². The number of nitrogens with zero attached hydrogens (tertiary/aromatic N) is 3. The molecule has 2 heterocycles. The number of fused-ring (bicyclic) bond motifs is 1. The zero-order valence-electron chi connectivity index (χ0n) is 8.75. The van der Waals surface area contributed by atoms with Crippen LogP contribution < -0.4 is 5.56 Å². The number of aromatic nitrogens is 3. The zero-order valence-corrected chi connectivity index (χ0v) is 9.50. The van der Waals surface area contributed by atoms with Crippen molar-refractivity contribution in [1.29, 1.82) is 0 Å². The van der Waals surface area contributed by atoms with Crippen LogP contribution in [0.25, 0.3) is 16.6 Å². The Labute approximate surface area is 102 Å². The van der Waals surface area contributed by atoms with Gasteiger partial charge in [-0.15, -0.1) is 4.20 Å². The summed E-state index contributed by atoms with van der Waals surface area (Å²) in [5, 5.41) is 0.506. The van der Waals surface area contributed by atoms with Gasteiger partial charge in [0.05, 0.1) is 16.6 Å². The van der Waals surface area contributed by atoms with E-state index in [0.29, 0.717) is 5.39 Å². The third-order valence-electron chi connectivity index (χ3n) is 2.60. The van der Waals surface area contributed by atoms with E-state index in [4.69, 9.17) is 11.8 Å². The quantitative estimate of drug-likeness (QED) is 0.659. The predicted octanol–water partition coefficient (Wildman–Crippen LogP) is 2.19. The summed E-state index contributed by atoms with van der Waals surface area (Å²) in [4.78, 5) is 15.8. The molecule has 0 aliphatic heterocycles. The minimum absolute atomic E-state index is 0.265. The van der Waals surface area contributed by atoms with E-state index in [2.05, 4.69) is 4.98 Å². The second-order valence-corrected chi connectivity index (χ2v) is 3.93. The predicted molar refractivity (Wildman–Crippen MR) is 66.6 cm³/mol. The van der Waals surface area contributed by atoms with Crippen LogP contribution in [0.4, 0.5) is 0 Å². The molecule has 0 fully saturated rings. The van der Waals surface area contributed by atoms with E-state index in [1.54, 1.807) is 16.9 Å². The topological polar surface area (TPSA) is 39.8 Å². The molecule has 0 unspecified atom stereocenters. The average Bonchev–Trinajstić information content (AvgIpc) is 2.64. The molecule has 17 heavy (non-hydrogen) atoms. The normalized spacial score (nSPS) is 10.9. The summed E-state index contributed by atoms with van der Waals surface area (Å²) in [6.45, 7) is 0. The summed E-state index contributed by atoms with van der Waals surface area (Å²) >= 11 is 6.01. The van der Waals surface area contributed by atoms with Crippen molar-refractivity contribution >= 4 is 22.7 Å². The molecule has 1 aromatic carbocycles. The van der Waals surface area contributed by atoms with Crippen LogP contribution in [0, 0.1) is 0 Å². The second-order valence-electron chi connectivity index (χ2n) is 3.61. The summed E-state index contributed by atoms with van der Waals surface area (Å²) in [6.07, 6.45) is 3.16. The highest BCUT2D eigenvalue weighted by molar-refractivity contribution is 6.15. The van der Waals surface area contributed by atoms with Crippen molar-refractivity contribution in [3.05, 3.63) is 59.1 Å². The number of halogens is 1. The number of rotatable bonds is 1. The van der Waals surface area contributed by atoms with Gasteiger partial charge < -0.3 is 0 Å². The van der Waals surface area contributed by atoms with Gasteiger partial charge >= 0.3 is 0 Å². The highest BCUT2D eigenvalue weighted by atomic mass is 35.5. The fourth-order valence-corrected chi connectivity index (χ4v) is 2.09. The third kappa shape index (κ3) is 1.45. The maximum absolute atomic E-state index is 11.9. The van der Waals surface area contributed by atoms with Gasteiger partial charge in [-0.1, -0.05) is 18.2 Å². The van der Waals surface area contributed by atoms with E-state index in [1.807, 2.05) is 30.3 Å². The molecule has 0 atom stereocenters. The fraction of sp³-hybridized carbons (Fsp3) is 0. The van der Waals surface area contributed by atoms with Crippen LogP contribution in [-0.2, 0) is 0 Å². The van der Waals surface area contributed by atoms with E-state index in [-0.39, 0.29) is 5.56 Å². The molecule has 3 rings (SSSR count). The lowest BCUT2D eigenvalue weighted by molar-refractivity contribution is 0.820. The van der Waals surface area contributed by atoms with Crippen molar-refractivity contribution in [2.24, 2.45) is 0 Å². The molecule has 0 aliphatic rings. The van der Waals surface area contributed by atoms with E-state index < -0.39 is 0 Å². The summed E-state index contributed by atoms with van der Waals surface area (Å²) in [5.41, 5.74) is 1.31. The van der Waals surface area contributed by atoms with Gasteiger partial charge in [-0.05, 0) is 18.2 Å². The first-order valence-corrected chi connectivity index (χ1v) is 5.42. The molecule has 4 nitrogen and oxygen atoms in total. The van der Waals surface area contributed by atoms with Gasteiger partial charge in [-0.25, -0.2) is 4.68 Å². The average molecular weight is 246 g/mol. The molecule has 0 radical (unpaired) electrons. The Kier molecular flexibility index (Phi) is 2.23. The first kappa shape index (κ1) is 10.1. The first-order chi connectivity index (χ1) is 8.29. The minimum atomic E-state index is -0.265. The van der Waals surface area contributed by atoms with Crippen molar-refractivity contribution in [1.82, 2.24) is 13.9 Å². The molecule has 2 aromatic heterocycles. The molecule has 3 aromatic rings. The second kappa shape index (κ2) is 3.75.